The first kappa shape index (κ1) is 21.0. The predicted octanol–water partition coefficient (Wildman–Crippen LogP) is 3.71. The van der Waals surface area contributed by atoms with E-state index >= 15 is 0 Å². The molecule has 0 spiro atoms. The summed E-state index contributed by atoms with van der Waals surface area (Å²) in [5.74, 6) is 1.47. The number of likely N-dealkylation sites (N-methyl/N-ethyl adjacent to an activating group) is 1. The van der Waals surface area contributed by atoms with Crippen LogP contribution in [-0.2, 0) is 6.42 Å². The molecular weight excluding hydrogens is 392 g/mol. The lowest BCUT2D eigenvalue weighted by atomic mass is 10.0. The Balaban J connectivity index is 1.65. The van der Waals surface area contributed by atoms with Crippen LogP contribution in [0.1, 0.15) is 43.0 Å². The molecule has 1 aliphatic carbocycles. The number of rotatable bonds is 7. The molecule has 1 aliphatic rings. The number of fused-ring (bicyclic) bond motifs is 1. The number of hydrogen-bond donors (Lipinski definition) is 0. The molecule has 2 aromatic carbocycles. The zero-order chi connectivity index (χ0) is 22.0. The summed E-state index contributed by atoms with van der Waals surface area (Å²) in [6.45, 7) is 4.99. The minimum Gasteiger partial charge on any atom is -0.490 e. The van der Waals surface area contributed by atoms with Gasteiger partial charge in [0.15, 0.2) is 6.61 Å². The topological polar surface area (TPSA) is 98.1 Å². The van der Waals surface area contributed by atoms with Gasteiger partial charge in [-0.3, -0.25) is 4.90 Å². The van der Waals surface area contributed by atoms with Crippen molar-refractivity contribution in [3.8, 4) is 34.7 Å². The van der Waals surface area contributed by atoms with Crippen LogP contribution in [-0.4, -0.2) is 46.5 Å². The molecule has 4 rings (SSSR count). The fraction of sp³-hybridized carbons (Fsp3) is 0.375. The Kier molecular flexibility index (Phi) is 6.03. The van der Waals surface area contributed by atoms with Crippen molar-refractivity contribution < 1.29 is 14.4 Å². The molecule has 0 saturated heterocycles. The van der Waals surface area contributed by atoms with Crippen molar-refractivity contribution in [3.05, 3.63) is 53.1 Å². The summed E-state index contributed by atoms with van der Waals surface area (Å²) in [6.07, 6.45) is 1.95. The van der Waals surface area contributed by atoms with Crippen molar-refractivity contribution >= 4 is 0 Å². The average Bonchev–Trinajstić information content (AvgIpc) is 3.41. The molecule has 0 unspecified atom stereocenters. The Bertz CT molecular complexity index is 1120. The second kappa shape index (κ2) is 8.88. The van der Waals surface area contributed by atoms with Crippen LogP contribution >= 0.6 is 0 Å². The Hall–Kier alpha value is -3.21. The first-order valence-corrected chi connectivity index (χ1v) is 10.5. The monoisotopic (exact) mass is 419 g/mol. The van der Waals surface area contributed by atoms with Crippen LogP contribution in [0, 0.1) is 11.3 Å². The SMILES string of the molecule is CC(C)Oc1ccc(-c2nc(-c3cccc4c3CC[C@@H]4N(C)CC[OH2+])no2)cc1C#N. The van der Waals surface area contributed by atoms with Crippen LogP contribution < -0.4 is 4.74 Å². The maximum atomic E-state index is 9.49. The van der Waals surface area contributed by atoms with Gasteiger partial charge in [0.05, 0.1) is 18.2 Å². The first-order valence-electron chi connectivity index (χ1n) is 10.5. The van der Waals surface area contributed by atoms with Gasteiger partial charge in [-0.05, 0) is 63.1 Å². The van der Waals surface area contributed by atoms with Crippen molar-refractivity contribution in [1.82, 2.24) is 15.0 Å². The Morgan fingerprint density at radius 2 is 2.16 bits per heavy atom. The molecule has 31 heavy (non-hydrogen) atoms. The second-order valence-corrected chi connectivity index (χ2v) is 8.07. The number of aromatic nitrogens is 2. The molecule has 0 amide bonds. The van der Waals surface area contributed by atoms with E-state index in [1.54, 1.807) is 12.1 Å². The highest BCUT2D eigenvalue weighted by molar-refractivity contribution is 5.67. The van der Waals surface area contributed by atoms with Crippen molar-refractivity contribution in [2.24, 2.45) is 0 Å². The molecule has 2 N–H and O–H groups in total. The molecule has 0 saturated carbocycles. The van der Waals surface area contributed by atoms with E-state index in [-0.39, 0.29) is 6.10 Å². The maximum absolute atomic E-state index is 9.49. The van der Waals surface area contributed by atoms with Gasteiger partial charge in [-0.25, -0.2) is 0 Å². The zero-order valence-electron chi connectivity index (χ0n) is 18.1. The fourth-order valence-electron chi connectivity index (χ4n) is 4.19. The number of hydrogen-bond acceptors (Lipinski definition) is 6. The van der Waals surface area contributed by atoms with Gasteiger partial charge in [0.1, 0.15) is 11.8 Å². The lowest BCUT2D eigenvalue weighted by Crippen LogP contribution is -2.26. The summed E-state index contributed by atoms with van der Waals surface area (Å²) in [5, 5.41) is 21.2. The highest BCUT2D eigenvalue weighted by Gasteiger charge is 2.29. The van der Waals surface area contributed by atoms with Crippen LogP contribution in [0.4, 0.5) is 0 Å². The molecule has 160 valence electrons. The molecule has 1 aromatic heterocycles. The van der Waals surface area contributed by atoms with Gasteiger partial charge in [-0.15, -0.1) is 0 Å². The van der Waals surface area contributed by atoms with Gasteiger partial charge in [0.25, 0.3) is 5.89 Å². The van der Waals surface area contributed by atoms with Gasteiger partial charge in [0, 0.05) is 17.2 Å². The smallest absolute Gasteiger partial charge is 0.258 e. The summed E-state index contributed by atoms with van der Waals surface area (Å²) in [6, 6.07) is 14.0. The minimum atomic E-state index is -0.0166. The fourth-order valence-corrected chi connectivity index (χ4v) is 4.19. The van der Waals surface area contributed by atoms with Gasteiger partial charge in [0.2, 0.25) is 5.82 Å². The van der Waals surface area contributed by atoms with Gasteiger partial charge in [-0.1, -0.05) is 23.4 Å². The number of nitrogens with zero attached hydrogens (tertiary/aromatic N) is 4. The number of benzene rings is 2. The molecule has 0 aliphatic heterocycles. The Morgan fingerprint density at radius 3 is 2.90 bits per heavy atom. The zero-order valence-corrected chi connectivity index (χ0v) is 18.1. The minimum absolute atomic E-state index is 0.0166. The van der Waals surface area contributed by atoms with E-state index in [0.717, 1.165) is 24.9 Å². The quantitative estimate of drug-likeness (QED) is 0.542. The average molecular weight is 420 g/mol. The van der Waals surface area contributed by atoms with Crippen LogP contribution in [0.5, 0.6) is 5.75 Å². The Labute approximate surface area is 181 Å². The molecule has 7 nitrogen and oxygen atoms in total. The summed E-state index contributed by atoms with van der Waals surface area (Å²) in [4.78, 5) is 6.87. The molecule has 0 bridgehead atoms. The number of nitriles is 1. The van der Waals surface area contributed by atoms with E-state index in [1.807, 2.05) is 32.0 Å². The second-order valence-electron chi connectivity index (χ2n) is 8.07. The third-order valence-corrected chi connectivity index (χ3v) is 5.61. The van der Waals surface area contributed by atoms with E-state index in [2.05, 4.69) is 34.2 Å². The van der Waals surface area contributed by atoms with Crippen LogP contribution in [0.2, 0.25) is 0 Å². The Morgan fingerprint density at radius 1 is 1.32 bits per heavy atom. The van der Waals surface area contributed by atoms with E-state index in [0.29, 0.717) is 41.2 Å². The lowest BCUT2D eigenvalue weighted by molar-refractivity contribution is 0.180. The predicted molar refractivity (Wildman–Crippen MR) is 118 cm³/mol. The first-order chi connectivity index (χ1) is 15.0. The van der Waals surface area contributed by atoms with Crippen molar-refractivity contribution in [1.29, 1.82) is 5.26 Å². The summed E-state index contributed by atoms with van der Waals surface area (Å²) < 4.78 is 11.2. The van der Waals surface area contributed by atoms with Gasteiger partial charge in [-0.2, -0.15) is 10.2 Å². The molecule has 7 heteroatoms. The summed E-state index contributed by atoms with van der Waals surface area (Å²) in [5.41, 5.74) is 4.63. The van der Waals surface area contributed by atoms with Crippen LogP contribution in [0.25, 0.3) is 22.8 Å². The molecule has 0 fully saturated rings. The standard InChI is InChI=1S/C24H26N4O3/c1-15(2)30-22-10-7-16(13-17(22)14-25)24-26-23(27-31-24)20-6-4-5-19-18(20)8-9-21(19)28(3)11-12-29/h4-7,10,13,15,21,29H,8-9,11-12H2,1-3H3/p+1/t21-/m0/s1. The number of ether oxygens (including phenoxy) is 1. The van der Waals surface area contributed by atoms with E-state index in [9.17, 15) is 5.26 Å². The largest absolute Gasteiger partial charge is 0.490 e. The van der Waals surface area contributed by atoms with E-state index in [4.69, 9.17) is 14.4 Å². The summed E-state index contributed by atoms with van der Waals surface area (Å²) >= 11 is 0. The molecule has 3 aromatic rings. The van der Waals surface area contributed by atoms with Gasteiger partial charge >= 0.3 is 0 Å². The van der Waals surface area contributed by atoms with Crippen LogP contribution in [0.3, 0.4) is 0 Å². The van der Waals surface area contributed by atoms with Crippen molar-refractivity contribution in [3.63, 3.8) is 0 Å². The molecule has 1 atom stereocenters. The third kappa shape index (κ3) is 4.18. The normalized spacial score (nSPS) is 15.3. The summed E-state index contributed by atoms with van der Waals surface area (Å²) in [7, 11) is 2.08. The highest BCUT2D eigenvalue weighted by atomic mass is 16.5. The van der Waals surface area contributed by atoms with Crippen molar-refractivity contribution in [2.45, 2.75) is 38.8 Å². The molecule has 0 radical (unpaired) electrons. The van der Waals surface area contributed by atoms with E-state index < -0.39 is 0 Å². The van der Waals surface area contributed by atoms with Crippen molar-refractivity contribution in [2.75, 3.05) is 20.2 Å². The third-order valence-electron chi connectivity index (χ3n) is 5.61. The highest BCUT2D eigenvalue weighted by Crippen LogP contribution is 2.40. The van der Waals surface area contributed by atoms with E-state index in [1.165, 1.54) is 11.1 Å². The lowest BCUT2D eigenvalue weighted by Gasteiger charge is -2.23. The van der Waals surface area contributed by atoms with Gasteiger partial charge < -0.3 is 14.4 Å². The van der Waals surface area contributed by atoms with Crippen LogP contribution in [0.15, 0.2) is 40.9 Å². The molecular formula is C24H27N4O3+. The molecule has 1 heterocycles. The maximum Gasteiger partial charge on any atom is 0.258 e.